The second kappa shape index (κ2) is 6.12. The second-order valence-electron chi connectivity index (χ2n) is 3.73. The number of ether oxygens (including phenoxy) is 1. The van der Waals surface area contributed by atoms with Crippen molar-refractivity contribution in [2.24, 2.45) is 0 Å². The Bertz CT molecular complexity index is 443. The molecular weight excluding hydrogens is 256 g/mol. The lowest BCUT2D eigenvalue weighted by molar-refractivity contribution is -0.116. The highest BCUT2D eigenvalue weighted by Crippen LogP contribution is 2.23. The number of thioether (sulfide) groups is 1. The molecule has 0 N–H and O–H groups in total. The first-order valence-electron chi connectivity index (χ1n) is 5.50. The van der Waals surface area contributed by atoms with E-state index in [2.05, 4.69) is 0 Å². The van der Waals surface area contributed by atoms with Crippen molar-refractivity contribution in [3.8, 4) is 0 Å². The summed E-state index contributed by atoms with van der Waals surface area (Å²) in [5.41, 5.74) is 0. The lowest BCUT2D eigenvalue weighted by Gasteiger charge is -2.13. The van der Waals surface area contributed by atoms with Crippen LogP contribution in [0.25, 0.3) is 0 Å². The van der Waals surface area contributed by atoms with Gasteiger partial charge < -0.3 is 4.74 Å². The number of ketones is 1. The number of Topliss-reactive ketones (excluding diaryl/α,β-unsaturated/α-hetero) is 1. The van der Waals surface area contributed by atoms with Crippen molar-refractivity contribution < 1.29 is 9.53 Å². The normalized spacial score (nSPS) is 15.0. The monoisotopic (exact) mass is 268 g/mol. The van der Waals surface area contributed by atoms with E-state index >= 15 is 0 Å². The Labute approximate surface area is 110 Å². The molecule has 90 valence electrons. The average molecular weight is 269 g/mol. The third-order valence-electron chi connectivity index (χ3n) is 2.38. The number of halogens is 1. The van der Waals surface area contributed by atoms with E-state index in [0.717, 1.165) is 17.7 Å². The largest absolute Gasteiger partial charge is 0.490 e. The van der Waals surface area contributed by atoms with Gasteiger partial charge in [0.25, 0.3) is 0 Å². The van der Waals surface area contributed by atoms with Crippen LogP contribution in [0.1, 0.15) is 12.8 Å². The SMILES string of the molecule is O=C(CSc1cccc(Cl)c1)C1=CCCCO1. The topological polar surface area (TPSA) is 26.3 Å². The summed E-state index contributed by atoms with van der Waals surface area (Å²) in [5, 5.41) is 0.690. The van der Waals surface area contributed by atoms with Crippen LogP contribution in [0.4, 0.5) is 0 Å². The standard InChI is InChI=1S/C13H13ClO2S/c14-10-4-3-5-11(8-10)17-9-12(15)13-6-1-2-7-16-13/h3-6,8H,1-2,7,9H2. The summed E-state index contributed by atoms with van der Waals surface area (Å²) in [7, 11) is 0. The summed E-state index contributed by atoms with van der Waals surface area (Å²) in [6.07, 6.45) is 3.81. The van der Waals surface area contributed by atoms with Gasteiger partial charge in [-0.2, -0.15) is 0 Å². The molecule has 17 heavy (non-hydrogen) atoms. The minimum atomic E-state index is 0.0506. The lowest BCUT2D eigenvalue weighted by Crippen LogP contribution is -2.12. The predicted molar refractivity (Wildman–Crippen MR) is 70.5 cm³/mol. The van der Waals surface area contributed by atoms with Gasteiger partial charge in [-0.3, -0.25) is 4.79 Å². The number of carbonyl (C=O) groups excluding carboxylic acids is 1. The average Bonchev–Trinajstić information content (AvgIpc) is 2.37. The zero-order chi connectivity index (χ0) is 12.1. The first-order valence-corrected chi connectivity index (χ1v) is 6.86. The highest BCUT2D eigenvalue weighted by molar-refractivity contribution is 8.00. The van der Waals surface area contributed by atoms with Gasteiger partial charge in [-0.05, 0) is 37.1 Å². The van der Waals surface area contributed by atoms with Crippen LogP contribution in [0.2, 0.25) is 5.02 Å². The van der Waals surface area contributed by atoms with Crippen LogP contribution >= 0.6 is 23.4 Å². The van der Waals surface area contributed by atoms with E-state index in [9.17, 15) is 4.79 Å². The quantitative estimate of drug-likeness (QED) is 0.779. The molecule has 1 aliphatic heterocycles. The van der Waals surface area contributed by atoms with Gasteiger partial charge in [-0.15, -0.1) is 11.8 Å². The van der Waals surface area contributed by atoms with Gasteiger partial charge in [0.1, 0.15) is 0 Å². The third kappa shape index (κ3) is 3.79. The van der Waals surface area contributed by atoms with Crippen molar-refractivity contribution in [2.75, 3.05) is 12.4 Å². The summed E-state index contributed by atoms with van der Waals surface area (Å²) in [4.78, 5) is 12.8. The Morgan fingerprint density at radius 2 is 2.35 bits per heavy atom. The number of hydrogen-bond acceptors (Lipinski definition) is 3. The maximum atomic E-state index is 11.8. The van der Waals surface area contributed by atoms with Crippen LogP contribution < -0.4 is 0 Å². The van der Waals surface area contributed by atoms with Crippen molar-refractivity contribution in [2.45, 2.75) is 17.7 Å². The summed E-state index contributed by atoms with van der Waals surface area (Å²) < 4.78 is 5.32. The molecule has 0 radical (unpaired) electrons. The van der Waals surface area contributed by atoms with Crippen molar-refractivity contribution in [3.63, 3.8) is 0 Å². The Morgan fingerprint density at radius 3 is 3.06 bits per heavy atom. The molecule has 0 aromatic heterocycles. The minimum Gasteiger partial charge on any atom is -0.490 e. The summed E-state index contributed by atoms with van der Waals surface area (Å²) >= 11 is 7.36. The highest BCUT2D eigenvalue weighted by atomic mass is 35.5. The van der Waals surface area contributed by atoms with Gasteiger partial charge in [-0.1, -0.05) is 17.7 Å². The summed E-state index contributed by atoms with van der Waals surface area (Å²) in [5.74, 6) is 0.965. The number of rotatable bonds is 4. The molecule has 1 heterocycles. The smallest absolute Gasteiger partial charge is 0.207 e. The van der Waals surface area contributed by atoms with Gasteiger partial charge in [0.2, 0.25) is 5.78 Å². The van der Waals surface area contributed by atoms with Crippen LogP contribution in [0.3, 0.4) is 0 Å². The van der Waals surface area contributed by atoms with Gasteiger partial charge in [-0.25, -0.2) is 0 Å². The number of hydrogen-bond donors (Lipinski definition) is 0. The van der Waals surface area contributed by atoms with Crippen molar-refractivity contribution in [1.29, 1.82) is 0 Å². The van der Waals surface area contributed by atoms with Crippen molar-refractivity contribution in [3.05, 3.63) is 41.1 Å². The Hall–Kier alpha value is -0.930. The molecule has 0 bridgehead atoms. The van der Waals surface area contributed by atoms with Gasteiger partial charge >= 0.3 is 0 Å². The Kier molecular flexibility index (Phi) is 4.51. The fourth-order valence-electron chi connectivity index (χ4n) is 1.53. The minimum absolute atomic E-state index is 0.0506. The molecular formula is C13H13ClO2S. The van der Waals surface area contributed by atoms with Crippen LogP contribution in [-0.4, -0.2) is 18.1 Å². The third-order valence-corrected chi connectivity index (χ3v) is 3.61. The molecule has 0 saturated carbocycles. The molecule has 0 atom stereocenters. The van der Waals surface area contributed by atoms with Gasteiger partial charge in [0.05, 0.1) is 12.4 Å². The first-order chi connectivity index (χ1) is 8.25. The van der Waals surface area contributed by atoms with E-state index in [-0.39, 0.29) is 5.78 Å². The molecule has 0 unspecified atom stereocenters. The van der Waals surface area contributed by atoms with Gasteiger partial charge in [0, 0.05) is 9.92 Å². The second-order valence-corrected chi connectivity index (χ2v) is 5.21. The molecule has 2 rings (SSSR count). The van der Waals surface area contributed by atoms with E-state index in [1.165, 1.54) is 11.8 Å². The predicted octanol–water partition coefficient (Wildman–Crippen LogP) is 3.70. The Morgan fingerprint density at radius 1 is 1.47 bits per heavy atom. The van der Waals surface area contributed by atoms with Gasteiger partial charge in [0.15, 0.2) is 5.76 Å². The summed E-state index contributed by atoms with van der Waals surface area (Å²) in [6.45, 7) is 0.652. The van der Waals surface area contributed by atoms with E-state index in [1.54, 1.807) is 0 Å². The summed E-state index contributed by atoms with van der Waals surface area (Å²) in [6, 6.07) is 7.50. The van der Waals surface area contributed by atoms with Crippen molar-refractivity contribution >= 4 is 29.1 Å². The fraction of sp³-hybridized carbons (Fsp3) is 0.308. The van der Waals surface area contributed by atoms with Crippen LogP contribution in [0.5, 0.6) is 0 Å². The maximum Gasteiger partial charge on any atom is 0.207 e. The van der Waals surface area contributed by atoms with E-state index in [4.69, 9.17) is 16.3 Å². The maximum absolute atomic E-state index is 11.8. The molecule has 0 aliphatic carbocycles. The molecule has 1 aliphatic rings. The lowest BCUT2D eigenvalue weighted by atomic mass is 10.2. The molecule has 0 spiro atoms. The van der Waals surface area contributed by atoms with Crippen molar-refractivity contribution in [1.82, 2.24) is 0 Å². The number of benzene rings is 1. The number of allylic oxidation sites excluding steroid dienone is 2. The molecule has 0 fully saturated rings. The number of carbonyl (C=O) groups is 1. The van der Waals surface area contributed by atoms with E-state index in [0.29, 0.717) is 23.1 Å². The van der Waals surface area contributed by atoms with E-state index < -0.39 is 0 Å². The molecule has 1 aromatic carbocycles. The van der Waals surface area contributed by atoms with Crippen LogP contribution in [0, 0.1) is 0 Å². The molecule has 4 heteroatoms. The highest BCUT2D eigenvalue weighted by Gasteiger charge is 2.13. The van der Waals surface area contributed by atoms with Crippen LogP contribution in [-0.2, 0) is 9.53 Å². The molecule has 1 aromatic rings. The zero-order valence-electron chi connectivity index (χ0n) is 9.32. The Balaban J connectivity index is 1.89. The molecule has 2 nitrogen and oxygen atoms in total. The zero-order valence-corrected chi connectivity index (χ0v) is 10.9. The van der Waals surface area contributed by atoms with Crippen LogP contribution in [0.15, 0.2) is 41.0 Å². The first kappa shape index (κ1) is 12.5. The fourth-order valence-corrected chi connectivity index (χ4v) is 2.61. The van der Waals surface area contributed by atoms with E-state index in [1.807, 2.05) is 30.3 Å². The molecule has 0 saturated heterocycles. The molecule has 0 amide bonds.